The van der Waals surface area contributed by atoms with Gasteiger partial charge in [0.25, 0.3) is 0 Å². The van der Waals surface area contributed by atoms with Crippen molar-refractivity contribution in [2.24, 2.45) is 5.92 Å². The minimum atomic E-state index is 0.136. The van der Waals surface area contributed by atoms with Crippen LogP contribution in [0.15, 0.2) is 21.4 Å². The summed E-state index contributed by atoms with van der Waals surface area (Å²) in [5.74, 6) is 3.03. The number of hydrogen-bond donors (Lipinski definition) is 1. The molecule has 3 nitrogen and oxygen atoms in total. The van der Waals surface area contributed by atoms with Crippen LogP contribution in [0.3, 0.4) is 0 Å². The highest BCUT2D eigenvalue weighted by atomic mass is 79.9. The molecular weight excluding hydrogens is 338 g/mol. The molecule has 0 aromatic carbocycles. The molecule has 2 saturated heterocycles. The van der Waals surface area contributed by atoms with Gasteiger partial charge in [0.2, 0.25) is 0 Å². The minimum Gasteiger partial charge on any atom is -0.457 e. The standard InChI is InChI=1S/C15H22BrNO2S/c1-2-17-13(12-4-6-18-14(12)16)11-3-7-19-15(9-11)5-8-20-10-15/h4,6,11,13,17H,2-3,5,7-10H2,1H3. The van der Waals surface area contributed by atoms with Gasteiger partial charge in [0.1, 0.15) is 0 Å². The molecule has 1 aromatic heterocycles. The molecule has 0 radical (unpaired) electrons. The lowest BCUT2D eigenvalue weighted by Gasteiger charge is -2.41. The first-order chi connectivity index (χ1) is 9.74. The molecule has 2 fully saturated rings. The van der Waals surface area contributed by atoms with Gasteiger partial charge in [0.15, 0.2) is 4.67 Å². The molecule has 1 aromatic rings. The van der Waals surface area contributed by atoms with E-state index in [1.807, 2.05) is 11.8 Å². The summed E-state index contributed by atoms with van der Waals surface area (Å²) in [5, 5.41) is 3.65. The Labute approximate surface area is 133 Å². The number of halogens is 1. The molecule has 0 bridgehead atoms. The third kappa shape index (κ3) is 2.96. The van der Waals surface area contributed by atoms with Gasteiger partial charge in [-0.2, -0.15) is 11.8 Å². The van der Waals surface area contributed by atoms with Gasteiger partial charge >= 0.3 is 0 Å². The lowest BCUT2D eigenvalue weighted by atomic mass is 9.79. The fourth-order valence-electron chi connectivity index (χ4n) is 3.49. The fraction of sp³-hybridized carbons (Fsp3) is 0.733. The van der Waals surface area contributed by atoms with E-state index in [2.05, 4.69) is 34.2 Å². The Morgan fingerprint density at radius 2 is 2.50 bits per heavy atom. The average molecular weight is 360 g/mol. The molecule has 2 aliphatic rings. The predicted molar refractivity (Wildman–Crippen MR) is 86.2 cm³/mol. The van der Waals surface area contributed by atoms with Crippen LogP contribution in [0.1, 0.15) is 37.8 Å². The average Bonchev–Trinajstić information content (AvgIpc) is 3.06. The summed E-state index contributed by atoms with van der Waals surface area (Å²) in [4.78, 5) is 0. The minimum absolute atomic E-state index is 0.136. The Balaban J connectivity index is 1.79. The molecule has 20 heavy (non-hydrogen) atoms. The smallest absolute Gasteiger partial charge is 0.173 e. The van der Waals surface area contributed by atoms with Gasteiger partial charge in [0.05, 0.1) is 11.9 Å². The van der Waals surface area contributed by atoms with Crippen LogP contribution in [0.4, 0.5) is 0 Å². The maximum Gasteiger partial charge on any atom is 0.173 e. The van der Waals surface area contributed by atoms with Crippen LogP contribution < -0.4 is 5.32 Å². The van der Waals surface area contributed by atoms with Crippen LogP contribution in [-0.2, 0) is 4.74 Å². The van der Waals surface area contributed by atoms with Crippen molar-refractivity contribution in [3.05, 3.63) is 22.6 Å². The third-order valence-electron chi connectivity index (χ3n) is 4.47. The normalized spacial score (nSPS) is 31.8. The SMILES string of the molecule is CCNC(c1ccoc1Br)C1CCOC2(CCSC2)C1. The van der Waals surface area contributed by atoms with Crippen LogP contribution in [0.2, 0.25) is 0 Å². The zero-order chi connectivity index (χ0) is 14.0. The highest BCUT2D eigenvalue weighted by molar-refractivity contribution is 9.10. The molecule has 2 aliphatic heterocycles. The summed E-state index contributed by atoms with van der Waals surface area (Å²) < 4.78 is 12.5. The molecule has 0 amide bonds. The molecule has 5 heteroatoms. The first-order valence-electron chi connectivity index (χ1n) is 7.42. The largest absolute Gasteiger partial charge is 0.457 e. The van der Waals surface area contributed by atoms with Crippen molar-refractivity contribution >= 4 is 27.7 Å². The Kier molecular flexibility index (Phi) is 4.80. The molecule has 3 unspecified atom stereocenters. The molecule has 112 valence electrons. The Hall–Kier alpha value is 0.0300. The maximum absolute atomic E-state index is 6.15. The van der Waals surface area contributed by atoms with Gasteiger partial charge in [-0.3, -0.25) is 0 Å². The predicted octanol–water partition coefficient (Wildman–Crippen LogP) is 4.00. The second-order valence-electron chi connectivity index (χ2n) is 5.77. The Bertz CT molecular complexity index is 445. The zero-order valence-electron chi connectivity index (χ0n) is 11.9. The molecule has 3 atom stereocenters. The third-order valence-corrected chi connectivity index (χ3v) is 6.34. The first kappa shape index (κ1) is 14.9. The van der Waals surface area contributed by atoms with Crippen LogP contribution in [-0.4, -0.2) is 30.3 Å². The highest BCUT2D eigenvalue weighted by Crippen LogP contribution is 2.44. The van der Waals surface area contributed by atoms with Gasteiger partial charge in [-0.25, -0.2) is 0 Å². The van der Waals surface area contributed by atoms with Crippen molar-refractivity contribution < 1.29 is 9.15 Å². The number of rotatable bonds is 4. The van der Waals surface area contributed by atoms with E-state index in [9.17, 15) is 0 Å². The molecule has 1 N–H and O–H groups in total. The zero-order valence-corrected chi connectivity index (χ0v) is 14.3. The van der Waals surface area contributed by atoms with Crippen molar-refractivity contribution in [3.8, 4) is 0 Å². The molecule has 0 aliphatic carbocycles. The van der Waals surface area contributed by atoms with Crippen LogP contribution in [0.25, 0.3) is 0 Å². The van der Waals surface area contributed by atoms with E-state index in [0.29, 0.717) is 12.0 Å². The van der Waals surface area contributed by atoms with Crippen LogP contribution in [0, 0.1) is 5.92 Å². The van der Waals surface area contributed by atoms with E-state index < -0.39 is 0 Å². The molecular formula is C15H22BrNO2S. The first-order valence-corrected chi connectivity index (χ1v) is 9.37. The van der Waals surface area contributed by atoms with Crippen molar-refractivity contribution in [2.45, 2.75) is 37.8 Å². The Morgan fingerprint density at radius 3 is 3.15 bits per heavy atom. The second-order valence-corrected chi connectivity index (χ2v) is 7.60. The maximum atomic E-state index is 6.15. The van der Waals surface area contributed by atoms with E-state index in [0.717, 1.165) is 36.4 Å². The Morgan fingerprint density at radius 1 is 1.60 bits per heavy atom. The van der Waals surface area contributed by atoms with E-state index >= 15 is 0 Å². The van der Waals surface area contributed by atoms with E-state index in [4.69, 9.17) is 9.15 Å². The van der Waals surface area contributed by atoms with Crippen molar-refractivity contribution in [1.29, 1.82) is 0 Å². The van der Waals surface area contributed by atoms with Gasteiger partial charge < -0.3 is 14.5 Å². The lowest BCUT2D eigenvalue weighted by molar-refractivity contribution is -0.0854. The number of ether oxygens (including phenoxy) is 1. The highest BCUT2D eigenvalue weighted by Gasteiger charge is 2.43. The molecule has 1 spiro atoms. The van der Waals surface area contributed by atoms with Crippen molar-refractivity contribution in [3.63, 3.8) is 0 Å². The summed E-state index contributed by atoms with van der Waals surface area (Å²) >= 11 is 5.57. The summed E-state index contributed by atoms with van der Waals surface area (Å²) in [6.45, 7) is 4.03. The van der Waals surface area contributed by atoms with Crippen LogP contribution in [0.5, 0.6) is 0 Å². The van der Waals surface area contributed by atoms with Crippen molar-refractivity contribution in [1.82, 2.24) is 5.32 Å². The lowest BCUT2D eigenvalue weighted by Crippen LogP contribution is -2.43. The van der Waals surface area contributed by atoms with E-state index in [1.165, 1.54) is 17.7 Å². The van der Waals surface area contributed by atoms with Gasteiger partial charge in [0, 0.05) is 24.0 Å². The second kappa shape index (κ2) is 6.42. The van der Waals surface area contributed by atoms with E-state index in [1.54, 1.807) is 6.26 Å². The number of nitrogens with one attached hydrogen (secondary N) is 1. The number of furan rings is 1. The van der Waals surface area contributed by atoms with E-state index in [-0.39, 0.29) is 5.60 Å². The summed E-state index contributed by atoms with van der Waals surface area (Å²) in [6.07, 6.45) is 5.26. The molecule has 3 rings (SSSR count). The van der Waals surface area contributed by atoms with Gasteiger partial charge in [-0.1, -0.05) is 6.92 Å². The topological polar surface area (TPSA) is 34.4 Å². The van der Waals surface area contributed by atoms with Gasteiger partial charge in [-0.05, 0) is 59.5 Å². The number of thioether (sulfide) groups is 1. The van der Waals surface area contributed by atoms with Crippen molar-refractivity contribution in [2.75, 3.05) is 24.7 Å². The van der Waals surface area contributed by atoms with Gasteiger partial charge in [-0.15, -0.1) is 0 Å². The number of hydrogen-bond acceptors (Lipinski definition) is 4. The molecule has 3 heterocycles. The van der Waals surface area contributed by atoms with Crippen LogP contribution >= 0.6 is 27.7 Å². The quantitative estimate of drug-likeness (QED) is 0.880. The summed E-state index contributed by atoms with van der Waals surface area (Å²) in [5.41, 5.74) is 1.39. The summed E-state index contributed by atoms with van der Waals surface area (Å²) in [7, 11) is 0. The summed E-state index contributed by atoms with van der Waals surface area (Å²) in [6, 6.07) is 2.45. The monoisotopic (exact) mass is 359 g/mol. The molecule has 0 saturated carbocycles. The fourth-order valence-corrected chi connectivity index (χ4v) is 5.36.